The van der Waals surface area contributed by atoms with E-state index in [1.165, 1.54) is 24.4 Å². The number of benzene rings is 1. The maximum Gasteiger partial charge on any atom is 0.269 e. The summed E-state index contributed by atoms with van der Waals surface area (Å²) in [5, 5.41) is 21.2. The molecular weight excluding hydrogens is 184 g/mol. The number of allylic oxidation sites excluding steroid dienone is 1. The first-order chi connectivity index (χ1) is 6.74. The molecule has 0 amide bonds. The van der Waals surface area contributed by atoms with Crippen molar-refractivity contribution < 1.29 is 10.1 Å². The van der Waals surface area contributed by atoms with Crippen LogP contribution in [0.2, 0.25) is 0 Å². The van der Waals surface area contributed by atoms with Crippen LogP contribution in [-0.2, 0) is 0 Å². The molecule has 1 aromatic carbocycles. The minimum atomic E-state index is -0.456. The molecule has 5 nitrogen and oxygen atoms in total. The molecule has 0 heterocycles. The van der Waals surface area contributed by atoms with Crippen molar-refractivity contribution >= 4 is 18.0 Å². The van der Waals surface area contributed by atoms with E-state index in [-0.39, 0.29) is 5.69 Å². The van der Waals surface area contributed by atoms with Gasteiger partial charge in [-0.25, -0.2) is 0 Å². The van der Waals surface area contributed by atoms with Crippen molar-refractivity contribution in [1.82, 2.24) is 0 Å². The molecule has 0 aromatic heterocycles. The molecule has 5 heteroatoms. The first-order valence-corrected chi connectivity index (χ1v) is 3.82. The van der Waals surface area contributed by atoms with Gasteiger partial charge in [0.1, 0.15) is 0 Å². The molecule has 0 aliphatic rings. The van der Waals surface area contributed by atoms with Gasteiger partial charge in [-0.3, -0.25) is 10.1 Å². The molecule has 0 atom stereocenters. The van der Waals surface area contributed by atoms with Crippen LogP contribution >= 0.6 is 0 Å². The summed E-state index contributed by atoms with van der Waals surface area (Å²) in [6, 6.07) is 6.05. The number of oxime groups is 1. The molecule has 1 N–H and O–H groups in total. The lowest BCUT2D eigenvalue weighted by atomic mass is 10.2. The quantitative estimate of drug-likeness (QED) is 0.344. The van der Waals surface area contributed by atoms with Gasteiger partial charge in [0.05, 0.1) is 11.1 Å². The zero-order chi connectivity index (χ0) is 10.4. The normalized spacial score (nSPS) is 11.1. The summed E-state index contributed by atoms with van der Waals surface area (Å²) >= 11 is 0. The number of rotatable bonds is 3. The summed E-state index contributed by atoms with van der Waals surface area (Å²) in [4.78, 5) is 9.85. The van der Waals surface area contributed by atoms with Crippen LogP contribution in [0.25, 0.3) is 6.08 Å². The van der Waals surface area contributed by atoms with Crippen molar-refractivity contribution in [3.05, 3.63) is 46.0 Å². The Labute approximate surface area is 80.1 Å². The Hall–Kier alpha value is -2.17. The molecule has 0 saturated carbocycles. The number of hydrogen-bond acceptors (Lipinski definition) is 4. The van der Waals surface area contributed by atoms with Crippen molar-refractivity contribution in [2.45, 2.75) is 0 Å². The minimum Gasteiger partial charge on any atom is -0.411 e. The molecule has 14 heavy (non-hydrogen) atoms. The van der Waals surface area contributed by atoms with Crippen LogP contribution < -0.4 is 0 Å². The lowest BCUT2D eigenvalue weighted by Gasteiger charge is -1.92. The average Bonchev–Trinajstić information content (AvgIpc) is 2.19. The van der Waals surface area contributed by atoms with Gasteiger partial charge in [0.15, 0.2) is 0 Å². The summed E-state index contributed by atoms with van der Waals surface area (Å²) < 4.78 is 0. The van der Waals surface area contributed by atoms with Gasteiger partial charge in [-0.2, -0.15) is 0 Å². The topological polar surface area (TPSA) is 75.7 Å². The zero-order valence-corrected chi connectivity index (χ0v) is 7.20. The van der Waals surface area contributed by atoms with Gasteiger partial charge >= 0.3 is 0 Å². The van der Waals surface area contributed by atoms with Gasteiger partial charge in [-0.05, 0) is 23.8 Å². The highest BCUT2D eigenvalue weighted by Gasteiger charge is 2.01. The van der Waals surface area contributed by atoms with E-state index in [0.717, 1.165) is 5.56 Å². The maximum atomic E-state index is 10.3. The first-order valence-electron chi connectivity index (χ1n) is 3.82. The van der Waals surface area contributed by atoms with E-state index >= 15 is 0 Å². The van der Waals surface area contributed by atoms with Crippen LogP contribution in [0.15, 0.2) is 35.5 Å². The summed E-state index contributed by atoms with van der Waals surface area (Å²) in [6.45, 7) is 0. The van der Waals surface area contributed by atoms with E-state index in [0.29, 0.717) is 0 Å². The smallest absolute Gasteiger partial charge is 0.269 e. The number of nitro groups is 1. The highest BCUT2D eigenvalue weighted by Crippen LogP contribution is 2.12. The van der Waals surface area contributed by atoms with E-state index in [9.17, 15) is 10.1 Å². The number of nitro benzene ring substituents is 1. The molecule has 0 unspecified atom stereocenters. The monoisotopic (exact) mass is 192 g/mol. The van der Waals surface area contributed by atoms with Crippen LogP contribution in [0.3, 0.4) is 0 Å². The summed E-state index contributed by atoms with van der Waals surface area (Å²) in [7, 11) is 0. The fourth-order valence-electron chi connectivity index (χ4n) is 0.900. The zero-order valence-electron chi connectivity index (χ0n) is 7.20. The van der Waals surface area contributed by atoms with Crippen LogP contribution in [0, 0.1) is 10.1 Å². The first kappa shape index (κ1) is 9.91. The second-order valence-corrected chi connectivity index (χ2v) is 2.47. The van der Waals surface area contributed by atoms with Crippen LogP contribution in [0.4, 0.5) is 5.69 Å². The van der Waals surface area contributed by atoms with Crippen LogP contribution in [-0.4, -0.2) is 16.3 Å². The van der Waals surface area contributed by atoms with E-state index in [1.807, 2.05) is 0 Å². The molecule has 1 rings (SSSR count). The Morgan fingerprint density at radius 2 is 2.00 bits per heavy atom. The van der Waals surface area contributed by atoms with Crippen LogP contribution in [0.1, 0.15) is 5.56 Å². The molecule has 0 radical (unpaired) electrons. The largest absolute Gasteiger partial charge is 0.411 e. The fraction of sp³-hybridized carbons (Fsp3) is 0. The number of hydrogen-bond donors (Lipinski definition) is 1. The number of nitrogens with zero attached hydrogens (tertiary/aromatic N) is 2. The molecule has 0 bridgehead atoms. The minimum absolute atomic E-state index is 0.0537. The third kappa shape index (κ3) is 2.71. The Morgan fingerprint density at radius 3 is 2.50 bits per heavy atom. The molecule has 0 aliphatic carbocycles. The highest BCUT2D eigenvalue weighted by atomic mass is 16.6. The third-order valence-corrected chi connectivity index (χ3v) is 1.55. The Morgan fingerprint density at radius 1 is 1.36 bits per heavy atom. The Balaban J connectivity index is 2.78. The van der Waals surface area contributed by atoms with Gasteiger partial charge in [-0.15, -0.1) is 0 Å². The molecule has 72 valence electrons. The van der Waals surface area contributed by atoms with Gasteiger partial charge in [-0.1, -0.05) is 11.2 Å². The highest BCUT2D eigenvalue weighted by molar-refractivity contribution is 5.77. The van der Waals surface area contributed by atoms with Gasteiger partial charge < -0.3 is 5.21 Å². The van der Waals surface area contributed by atoms with Gasteiger partial charge in [0, 0.05) is 12.1 Å². The second kappa shape index (κ2) is 4.76. The Bertz CT molecular complexity index is 368. The molecule has 0 saturated heterocycles. The lowest BCUT2D eigenvalue weighted by molar-refractivity contribution is -0.384. The van der Waals surface area contributed by atoms with E-state index in [2.05, 4.69) is 5.16 Å². The van der Waals surface area contributed by atoms with Crippen molar-refractivity contribution in [3.8, 4) is 0 Å². The molecule has 1 aromatic rings. The molecule has 0 spiro atoms. The van der Waals surface area contributed by atoms with Gasteiger partial charge in [0.2, 0.25) is 0 Å². The predicted molar refractivity (Wildman–Crippen MR) is 52.4 cm³/mol. The molecule has 0 fully saturated rings. The molecule has 0 aliphatic heterocycles. The molecular formula is C9H8N2O3. The van der Waals surface area contributed by atoms with E-state index in [1.54, 1.807) is 18.2 Å². The summed E-state index contributed by atoms with van der Waals surface area (Å²) in [5.41, 5.74) is 0.855. The summed E-state index contributed by atoms with van der Waals surface area (Å²) in [5.74, 6) is 0. The number of non-ortho nitro benzene ring substituents is 1. The SMILES string of the molecule is O=[N+]([O-])c1ccc(/C=C/C=N/O)cc1. The van der Waals surface area contributed by atoms with Crippen molar-refractivity contribution in [2.24, 2.45) is 5.16 Å². The third-order valence-electron chi connectivity index (χ3n) is 1.55. The van der Waals surface area contributed by atoms with Crippen molar-refractivity contribution in [2.75, 3.05) is 0 Å². The van der Waals surface area contributed by atoms with Crippen LogP contribution in [0.5, 0.6) is 0 Å². The van der Waals surface area contributed by atoms with E-state index < -0.39 is 4.92 Å². The predicted octanol–water partition coefficient (Wildman–Crippen LogP) is 2.07. The van der Waals surface area contributed by atoms with Crippen molar-refractivity contribution in [1.29, 1.82) is 0 Å². The standard InChI is InChI=1S/C9H8N2O3/c12-10-7-1-2-8-3-5-9(6-4-8)11(13)14/h1-7,12H/b2-1+,10-7+. The maximum absolute atomic E-state index is 10.3. The van der Waals surface area contributed by atoms with Crippen molar-refractivity contribution in [3.63, 3.8) is 0 Å². The van der Waals surface area contributed by atoms with E-state index in [4.69, 9.17) is 5.21 Å². The lowest BCUT2D eigenvalue weighted by Crippen LogP contribution is -1.86. The second-order valence-electron chi connectivity index (χ2n) is 2.47. The average molecular weight is 192 g/mol. The fourth-order valence-corrected chi connectivity index (χ4v) is 0.900. The Kier molecular flexibility index (Phi) is 3.37. The van der Waals surface area contributed by atoms with Gasteiger partial charge in [0.25, 0.3) is 5.69 Å². The summed E-state index contributed by atoms with van der Waals surface area (Å²) in [6.07, 6.45) is 4.41.